The van der Waals surface area contributed by atoms with E-state index in [0.29, 0.717) is 5.82 Å². The molecule has 1 aliphatic rings. The van der Waals surface area contributed by atoms with Crippen LogP contribution in [0.15, 0.2) is 24.5 Å². The molecular formula is C13H13N3O. The minimum absolute atomic E-state index is 0.594. The van der Waals surface area contributed by atoms with Gasteiger partial charge in [-0.05, 0) is 36.6 Å². The molecule has 0 saturated carbocycles. The van der Waals surface area contributed by atoms with E-state index in [2.05, 4.69) is 16.0 Å². The molecule has 0 bridgehead atoms. The van der Waals surface area contributed by atoms with Crippen LogP contribution in [0.3, 0.4) is 0 Å². The van der Waals surface area contributed by atoms with Crippen molar-refractivity contribution in [1.82, 2.24) is 9.97 Å². The van der Waals surface area contributed by atoms with Gasteiger partial charge in [-0.2, -0.15) is 0 Å². The number of aryl methyl sites for hydroxylation is 1. The zero-order chi connectivity index (χ0) is 11.8. The normalized spacial score (nSPS) is 12.8. The topological polar surface area (TPSA) is 61.0 Å². The quantitative estimate of drug-likeness (QED) is 0.807. The minimum Gasteiger partial charge on any atom is -0.497 e. The fourth-order valence-electron chi connectivity index (χ4n) is 2.30. The molecule has 0 radical (unpaired) electrons. The van der Waals surface area contributed by atoms with Crippen LogP contribution < -0.4 is 10.5 Å². The molecule has 0 aliphatic heterocycles. The lowest BCUT2D eigenvalue weighted by molar-refractivity contribution is 0.414. The summed E-state index contributed by atoms with van der Waals surface area (Å²) in [5.74, 6) is 1.48. The molecule has 17 heavy (non-hydrogen) atoms. The molecule has 2 aromatic rings. The van der Waals surface area contributed by atoms with Crippen LogP contribution in [0.25, 0.3) is 11.3 Å². The zero-order valence-electron chi connectivity index (χ0n) is 9.60. The first-order valence-electron chi connectivity index (χ1n) is 5.56. The van der Waals surface area contributed by atoms with E-state index in [1.54, 1.807) is 7.11 Å². The molecule has 1 heterocycles. The van der Waals surface area contributed by atoms with Crippen molar-refractivity contribution in [2.45, 2.75) is 12.8 Å². The molecule has 4 heteroatoms. The van der Waals surface area contributed by atoms with Crippen LogP contribution in [-0.4, -0.2) is 17.1 Å². The lowest BCUT2D eigenvalue weighted by atomic mass is 9.89. The number of nitrogen functional groups attached to an aromatic ring is 1. The summed E-state index contributed by atoms with van der Waals surface area (Å²) in [7, 11) is 1.68. The molecule has 1 aromatic heterocycles. The predicted octanol–water partition coefficient (Wildman–Crippen LogP) is 1.83. The smallest absolute Gasteiger partial charge is 0.130 e. The third-order valence-corrected chi connectivity index (χ3v) is 3.19. The molecule has 0 spiro atoms. The Morgan fingerprint density at radius 3 is 2.94 bits per heavy atom. The number of rotatable bonds is 1. The van der Waals surface area contributed by atoms with Crippen LogP contribution in [0, 0.1) is 0 Å². The van der Waals surface area contributed by atoms with Crippen LogP contribution in [0.2, 0.25) is 0 Å². The fraction of sp³-hybridized carbons (Fsp3) is 0.231. The van der Waals surface area contributed by atoms with E-state index in [4.69, 9.17) is 10.5 Å². The number of nitrogens with zero attached hydrogens (tertiary/aromatic N) is 2. The lowest BCUT2D eigenvalue weighted by Gasteiger charge is -2.19. The van der Waals surface area contributed by atoms with Crippen molar-refractivity contribution >= 4 is 5.82 Å². The number of fused-ring (bicyclic) bond motifs is 3. The first-order chi connectivity index (χ1) is 8.29. The van der Waals surface area contributed by atoms with Gasteiger partial charge < -0.3 is 10.5 Å². The number of aromatic nitrogens is 2. The molecule has 4 nitrogen and oxygen atoms in total. The summed E-state index contributed by atoms with van der Waals surface area (Å²) in [4.78, 5) is 8.39. The van der Waals surface area contributed by atoms with Gasteiger partial charge in [0.05, 0.1) is 12.8 Å². The molecule has 86 valence electrons. The average molecular weight is 227 g/mol. The molecule has 0 saturated heterocycles. The summed E-state index contributed by atoms with van der Waals surface area (Å²) >= 11 is 0. The molecular weight excluding hydrogens is 214 g/mol. The maximum Gasteiger partial charge on any atom is 0.130 e. The Hall–Kier alpha value is -2.10. The average Bonchev–Trinajstić information content (AvgIpc) is 2.38. The molecule has 1 aromatic carbocycles. The van der Waals surface area contributed by atoms with Gasteiger partial charge in [0.1, 0.15) is 17.9 Å². The van der Waals surface area contributed by atoms with E-state index in [-0.39, 0.29) is 0 Å². The molecule has 0 unspecified atom stereocenters. The van der Waals surface area contributed by atoms with Crippen molar-refractivity contribution in [3.05, 3.63) is 35.7 Å². The number of benzene rings is 1. The van der Waals surface area contributed by atoms with Crippen molar-refractivity contribution in [3.8, 4) is 17.0 Å². The van der Waals surface area contributed by atoms with Crippen molar-refractivity contribution in [2.24, 2.45) is 0 Å². The highest BCUT2D eigenvalue weighted by atomic mass is 16.5. The number of anilines is 1. The van der Waals surface area contributed by atoms with Crippen molar-refractivity contribution in [1.29, 1.82) is 0 Å². The SMILES string of the molecule is COc1ccc2c(c1)CCc1c(N)ncnc1-2. The van der Waals surface area contributed by atoms with Crippen molar-refractivity contribution in [2.75, 3.05) is 12.8 Å². The van der Waals surface area contributed by atoms with Gasteiger partial charge in [-0.25, -0.2) is 9.97 Å². The molecule has 2 N–H and O–H groups in total. The van der Waals surface area contributed by atoms with Crippen LogP contribution >= 0.6 is 0 Å². The van der Waals surface area contributed by atoms with Gasteiger partial charge >= 0.3 is 0 Å². The summed E-state index contributed by atoms with van der Waals surface area (Å²) in [6.07, 6.45) is 3.37. The van der Waals surface area contributed by atoms with E-state index in [1.807, 2.05) is 12.1 Å². The van der Waals surface area contributed by atoms with Gasteiger partial charge in [-0.1, -0.05) is 0 Å². The van der Waals surface area contributed by atoms with Crippen LogP contribution in [0.5, 0.6) is 5.75 Å². The highest BCUT2D eigenvalue weighted by Crippen LogP contribution is 2.35. The van der Waals surface area contributed by atoms with Gasteiger partial charge in [0.15, 0.2) is 0 Å². The Kier molecular flexibility index (Phi) is 2.21. The number of methoxy groups -OCH3 is 1. The second-order valence-electron chi connectivity index (χ2n) is 4.11. The fourth-order valence-corrected chi connectivity index (χ4v) is 2.30. The van der Waals surface area contributed by atoms with Gasteiger partial charge in [0, 0.05) is 11.1 Å². The van der Waals surface area contributed by atoms with Crippen molar-refractivity contribution < 1.29 is 4.74 Å². The zero-order valence-corrected chi connectivity index (χ0v) is 9.60. The van der Waals surface area contributed by atoms with E-state index in [1.165, 1.54) is 11.9 Å². The van der Waals surface area contributed by atoms with E-state index < -0.39 is 0 Å². The Morgan fingerprint density at radius 1 is 1.24 bits per heavy atom. The lowest BCUT2D eigenvalue weighted by Crippen LogP contribution is -2.10. The number of nitrogens with two attached hydrogens (primary N) is 1. The van der Waals surface area contributed by atoms with Crippen molar-refractivity contribution in [3.63, 3.8) is 0 Å². The maximum atomic E-state index is 5.88. The molecule has 1 aliphatic carbocycles. The molecule has 0 atom stereocenters. The molecule has 3 rings (SSSR count). The summed E-state index contributed by atoms with van der Waals surface area (Å²) < 4.78 is 5.23. The predicted molar refractivity (Wildman–Crippen MR) is 65.8 cm³/mol. The third kappa shape index (κ3) is 1.53. The van der Waals surface area contributed by atoms with Gasteiger partial charge in [-0.15, -0.1) is 0 Å². The Labute approximate surface area is 99.5 Å². The minimum atomic E-state index is 0.594. The molecule has 0 fully saturated rings. The monoisotopic (exact) mass is 227 g/mol. The van der Waals surface area contributed by atoms with E-state index in [9.17, 15) is 0 Å². The van der Waals surface area contributed by atoms with Gasteiger partial charge in [0.25, 0.3) is 0 Å². The first-order valence-corrected chi connectivity index (χ1v) is 5.56. The summed E-state index contributed by atoms with van der Waals surface area (Å²) in [6.45, 7) is 0. The second-order valence-corrected chi connectivity index (χ2v) is 4.11. The van der Waals surface area contributed by atoms with Gasteiger partial charge in [-0.3, -0.25) is 0 Å². The van der Waals surface area contributed by atoms with Crippen LogP contribution in [0.1, 0.15) is 11.1 Å². The van der Waals surface area contributed by atoms with E-state index in [0.717, 1.165) is 35.4 Å². The van der Waals surface area contributed by atoms with E-state index >= 15 is 0 Å². The van der Waals surface area contributed by atoms with Crippen LogP contribution in [0.4, 0.5) is 5.82 Å². The Bertz CT molecular complexity index is 581. The largest absolute Gasteiger partial charge is 0.497 e. The maximum absolute atomic E-state index is 5.88. The summed E-state index contributed by atoms with van der Waals surface area (Å²) in [5.41, 5.74) is 10.3. The summed E-state index contributed by atoms with van der Waals surface area (Å²) in [5, 5.41) is 0. The number of hydrogen-bond donors (Lipinski definition) is 1. The first kappa shape index (κ1) is 10.1. The molecule has 0 amide bonds. The Balaban J connectivity index is 2.20. The standard InChI is InChI=1S/C13H13N3O/c1-17-9-3-5-10-8(6-9)2-4-11-12(10)15-7-16-13(11)14/h3,5-7H,2,4H2,1H3,(H2,14,15,16). The third-order valence-electron chi connectivity index (χ3n) is 3.19. The highest BCUT2D eigenvalue weighted by molar-refractivity contribution is 5.73. The van der Waals surface area contributed by atoms with Gasteiger partial charge in [0.2, 0.25) is 0 Å². The highest BCUT2D eigenvalue weighted by Gasteiger charge is 2.20. The van der Waals surface area contributed by atoms with Crippen LogP contribution in [-0.2, 0) is 12.8 Å². The summed E-state index contributed by atoms with van der Waals surface area (Å²) in [6, 6.07) is 6.06. The number of hydrogen-bond acceptors (Lipinski definition) is 4. The number of ether oxygens (including phenoxy) is 1. The second kappa shape index (κ2) is 3.73. The Morgan fingerprint density at radius 2 is 2.12 bits per heavy atom.